The lowest BCUT2D eigenvalue weighted by molar-refractivity contribution is 0.0695. The van der Waals surface area contributed by atoms with Crippen molar-refractivity contribution in [3.63, 3.8) is 0 Å². The Morgan fingerprint density at radius 1 is 1.50 bits per heavy atom. The van der Waals surface area contributed by atoms with Gasteiger partial charge in [0.1, 0.15) is 10.4 Å². The van der Waals surface area contributed by atoms with Crippen molar-refractivity contribution in [2.75, 3.05) is 0 Å². The minimum absolute atomic E-state index is 0.157. The van der Waals surface area contributed by atoms with Gasteiger partial charge in [0, 0.05) is 13.2 Å². The van der Waals surface area contributed by atoms with Crippen molar-refractivity contribution in [1.82, 2.24) is 4.57 Å². The number of aromatic nitrogens is 1. The first-order valence-electron chi connectivity index (χ1n) is 5.39. The topological polar surface area (TPSA) is 59.3 Å². The number of halogens is 1. The molecule has 2 rings (SSSR count). The van der Waals surface area contributed by atoms with Crippen LogP contribution in [0.15, 0.2) is 14.8 Å². The van der Waals surface area contributed by atoms with Crippen molar-refractivity contribution in [2.45, 2.75) is 19.8 Å². The largest absolute Gasteiger partial charge is 0.477 e. The van der Waals surface area contributed by atoms with E-state index in [2.05, 4.69) is 15.9 Å². The van der Waals surface area contributed by atoms with Gasteiger partial charge in [0.15, 0.2) is 0 Å². The molecular formula is C12H12BrNO3S. The number of hydrogen-bond acceptors (Lipinski definition) is 3. The van der Waals surface area contributed by atoms with Crippen molar-refractivity contribution in [3.05, 3.63) is 31.3 Å². The summed E-state index contributed by atoms with van der Waals surface area (Å²) < 4.78 is 2.59. The van der Waals surface area contributed by atoms with Crippen LogP contribution in [0.4, 0.5) is 0 Å². The minimum Gasteiger partial charge on any atom is -0.477 e. The Morgan fingerprint density at radius 3 is 2.61 bits per heavy atom. The summed E-state index contributed by atoms with van der Waals surface area (Å²) in [5, 5.41) is 9.58. The van der Waals surface area contributed by atoms with Gasteiger partial charge in [-0.1, -0.05) is 13.8 Å². The molecule has 0 atom stereocenters. The number of hydrogen-bond donors (Lipinski definition) is 1. The molecule has 0 unspecified atom stereocenters. The molecule has 2 aromatic heterocycles. The van der Waals surface area contributed by atoms with Gasteiger partial charge in [-0.15, -0.1) is 11.3 Å². The van der Waals surface area contributed by atoms with Crippen LogP contribution >= 0.6 is 27.3 Å². The van der Waals surface area contributed by atoms with Crippen LogP contribution < -0.4 is 5.43 Å². The molecule has 0 aromatic carbocycles. The van der Waals surface area contributed by atoms with E-state index in [-0.39, 0.29) is 11.5 Å². The van der Waals surface area contributed by atoms with E-state index in [1.54, 1.807) is 11.6 Å². The molecule has 6 heteroatoms. The number of pyridine rings is 1. The molecule has 0 fully saturated rings. The molecule has 0 aliphatic carbocycles. The van der Waals surface area contributed by atoms with Gasteiger partial charge in [0.05, 0.1) is 9.17 Å². The second-order valence-corrected chi connectivity index (χ2v) is 6.73. The fourth-order valence-electron chi connectivity index (χ4n) is 1.99. The monoisotopic (exact) mass is 329 g/mol. The fraction of sp³-hybridized carbons (Fsp3) is 0.333. The maximum atomic E-state index is 12.3. The lowest BCUT2D eigenvalue weighted by Crippen LogP contribution is -2.17. The lowest BCUT2D eigenvalue weighted by Gasteiger charge is -2.06. The van der Waals surface area contributed by atoms with Crippen molar-refractivity contribution in [3.8, 4) is 0 Å². The normalized spacial score (nSPS) is 11.4. The molecule has 0 radical (unpaired) electrons. The summed E-state index contributed by atoms with van der Waals surface area (Å²) in [5.74, 6) is -1.03. The third-order valence-corrected chi connectivity index (χ3v) is 4.80. The Balaban J connectivity index is 3.02. The average molecular weight is 330 g/mol. The summed E-state index contributed by atoms with van der Waals surface area (Å²) in [6.45, 7) is 3.97. The first-order valence-corrected chi connectivity index (χ1v) is 7.00. The molecule has 2 heterocycles. The number of aryl methyl sites for hydroxylation is 1. The highest BCUT2D eigenvalue weighted by Gasteiger charge is 2.21. The van der Waals surface area contributed by atoms with Crippen LogP contribution in [0, 0.1) is 0 Å². The van der Waals surface area contributed by atoms with Crippen LogP contribution in [0.25, 0.3) is 10.2 Å². The van der Waals surface area contributed by atoms with E-state index >= 15 is 0 Å². The van der Waals surface area contributed by atoms with Crippen LogP contribution in [-0.4, -0.2) is 15.6 Å². The molecule has 96 valence electrons. The van der Waals surface area contributed by atoms with Crippen LogP contribution in [0.5, 0.6) is 0 Å². The van der Waals surface area contributed by atoms with Gasteiger partial charge < -0.3 is 9.67 Å². The Labute approximate surface area is 116 Å². The highest BCUT2D eigenvalue weighted by atomic mass is 79.9. The molecule has 0 aliphatic heterocycles. The Hall–Kier alpha value is -1.14. The van der Waals surface area contributed by atoms with Crippen LogP contribution in [0.1, 0.15) is 35.7 Å². The zero-order valence-corrected chi connectivity index (χ0v) is 12.6. The molecule has 18 heavy (non-hydrogen) atoms. The third-order valence-electron chi connectivity index (χ3n) is 2.80. The molecule has 0 amide bonds. The van der Waals surface area contributed by atoms with Gasteiger partial charge in [-0.3, -0.25) is 4.79 Å². The number of aromatic carboxylic acids is 1. The second-order valence-electron chi connectivity index (χ2n) is 4.41. The van der Waals surface area contributed by atoms with Gasteiger partial charge >= 0.3 is 5.97 Å². The van der Waals surface area contributed by atoms with E-state index in [0.29, 0.717) is 5.39 Å². The molecule has 0 aliphatic rings. The summed E-state index contributed by atoms with van der Waals surface area (Å²) in [6.07, 6.45) is 1.38. The number of rotatable bonds is 2. The third kappa shape index (κ3) is 1.89. The number of nitrogens with zero attached hydrogens (tertiary/aromatic N) is 1. The summed E-state index contributed by atoms with van der Waals surface area (Å²) in [6, 6.07) is 0. The standard InChI is InChI=1S/C12H12BrNO3S/c1-5(2)7-8-9(15)6(12(16)17)4-14(3)11(8)18-10(7)13/h4-5H,1-3H3,(H,16,17). The van der Waals surface area contributed by atoms with Gasteiger partial charge in [-0.25, -0.2) is 4.79 Å². The summed E-state index contributed by atoms with van der Waals surface area (Å²) in [4.78, 5) is 24.1. The molecule has 0 saturated carbocycles. The lowest BCUT2D eigenvalue weighted by atomic mass is 10.0. The Morgan fingerprint density at radius 2 is 2.11 bits per heavy atom. The SMILES string of the molecule is CC(C)c1c(Br)sc2c1c(=O)c(C(=O)O)cn2C. The highest BCUT2D eigenvalue weighted by molar-refractivity contribution is 9.11. The maximum absolute atomic E-state index is 12.3. The zero-order valence-electron chi connectivity index (χ0n) is 10.2. The van der Waals surface area contributed by atoms with Crippen molar-refractivity contribution in [2.24, 2.45) is 7.05 Å². The number of fused-ring (bicyclic) bond motifs is 1. The average Bonchev–Trinajstić information content (AvgIpc) is 2.61. The minimum atomic E-state index is -1.19. The number of carboxylic acid groups (broad SMARTS) is 1. The molecule has 2 aromatic rings. The number of carbonyl (C=O) groups is 1. The number of thiophene rings is 1. The summed E-state index contributed by atoms with van der Waals surface area (Å²) in [7, 11) is 1.75. The van der Waals surface area contributed by atoms with Gasteiger partial charge in [-0.2, -0.15) is 0 Å². The smallest absolute Gasteiger partial charge is 0.341 e. The molecule has 0 saturated heterocycles. The summed E-state index contributed by atoms with van der Waals surface area (Å²) >= 11 is 4.91. The van der Waals surface area contributed by atoms with Crippen LogP contribution in [0.3, 0.4) is 0 Å². The van der Waals surface area contributed by atoms with E-state index in [9.17, 15) is 9.59 Å². The van der Waals surface area contributed by atoms with Crippen molar-refractivity contribution in [1.29, 1.82) is 0 Å². The highest BCUT2D eigenvalue weighted by Crippen LogP contribution is 2.37. The first kappa shape index (κ1) is 13.3. The van der Waals surface area contributed by atoms with Gasteiger partial charge in [0.2, 0.25) is 5.43 Å². The van der Waals surface area contributed by atoms with E-state index in [4.69, 9.17) is 5.11 Å². The maximum Gasteiger partial charge on any atom is 0.341 e. The van der Waals surface area contributed by atoms with E-state index < -0.39 is 11.4 Å². The molecule has 1 N–H and O–H groups in total. The van der Waals surface area contributed by atoms with Gasteiger partial charge in [-0.05, 0) is 27.4 Å². The van der Waals surface area contributed by atoms with E-state index in [1.807, 2.05) is 13.8 Å². The zero-order chi connectivity index (χ0) is 13.6. The predicted molar refractivity (Wildman–Crippen MR) is 75.8 cm³/mol. The van der Waals surface area contributed by atoms with Gasteiger partial charge in [0.25, 0.3) is 0 Å². The Bertz CT molecular complexity index is 699. The fourth-order valence-corrected chi connectivity index (χ4v) is 4.22. The van der Waals surface area contributed by atoms with Crippen LogP contribution in [-0.2, 0) is 7.05 Å². The number of carboxylic acids is 1. The van der Waals surface area contributed by atoms with Crippen molar-refractivity contribution < 1.29 is 9.90 Å². The first-order chi connectivity index (χ1) is 8.34. The second kappa shape index (κ2) is 4.51. The molecular weight excluding hydrogens is 318 g/mol. The summed E-state index contributed by atoms with van der Waals surface area (Å²) in [5.41, 5.74) is 0.303. The van der Waals surface area contributed by atoms with E-state index in [1.165, 1.54) is 17.5 Å². The molecule has 0 spiro atoms. The molecule has 0 bridgehead atoms. The Kier molecular flexibility index (Phi) is 3.33. The molecule has 4 nitrogen and oxygen atoms in total. The predicted octanol–water partition coefficient (Wildman–Crippen LogP) is 3.18. The van der Waals surface area contributed by atoms with Crippen LogP contribution in [0.2, 0.25) is 0 Å². The van der Waals surface area contributed by atoms with Crippen molar-refractivity contribution >= 4 is 43.5 Å². The van der Waals surface area contributed by atoms with E-state index in [0.717, 1.165) is 14.2 Å². The quantitative estimate of drug-likeness (QED) is 0.920.